The largest absolute Gasteiger partial charge is 0.492 e. The number of carbonyl (C=O) groups excluding carboxylic acids is 1. The van der Waals surface area contributed by atoms with Crippen molar-refractivity contribution in [1.29, 1.82) is 0 Å². The number of anilines is 1. The Morgan fingerprint density at radius 3 is 2.64 bits per heavy atom. The summed E-state index contributed by atoms with van der Waals surface area (Å²) in [7, 11) is 1.14. The number of likely N-dealkylation sites (N-methyl/N-ethyl adjacent to an activating group) is 1. The Morgan fingerprint density at radius 1 is 1.50 bits per heavy atom. The predicted octanol–water partition coefficient (Wildman–Crippen LogP) is 3.13. The number of aliphatic hydroxyl groups excluding tert-OH is 1. The number of benzene rings is 1. The fourth-order valence-corrected chi connectivity index (χ4v) is 1.75. The molecule has 2 amide bonds. The normalized spacial score (nSPS) is 12.7. The van der Waals surface area contributed by atoms with Crippen molar-refractivity contribution in [2.24, 2.45) is 0 Å². The van der Waals surface area contributed by atoms with E-state index >= 15 is 0 Å². The van der Waals surface area contributed by atoms with Crippen LogP contribution in [0.25, 0.3) is 0 Å². The van der Waals surface area contributed by atoms with Crippen molar-refractivity contribution in [2.45, 2.75) is 19.2 Å². The molecule has 124 valence electrons. The van der Waals surface area contributed by atoms with E-state index in [4.69, 9.17) is 21.4 Å². The molecule has 0 saturated heterocycles. The Hall–Kier alpha value is -1.67. The number of hydrogen-bond acceptors (Lipinski definition) is 3. The van der Waals surface area contributed by atoms with E-state index in [2.05, 4.69) is 5.32 Å². The molecule has 1 aromatic rings. The first-order chi connectivity index (χ1) is 10.1. The lowest BCUT2D eigenvalue weighted by Gasteiger charge is -2.22. The van der Waals surface area contributed by atoms with E-state index < -0.39 is 24.9 Å². The van der Waals surface area contributed by atoms with Gasteiger partial charge >= 0.3 is 12.2 Å². The minimum atomic E-state index is -4.78. The molecule has 0 unspecified atom stereocenters. The number of ether oxygens (including phenoxy) is 1. The van der Waals surface area contributed by atoms with Gasteiger partial charge in [-0.25, -0.2) is 4.79 Å². The maximum atomic E-state index is 12.2. The zero-order chi connectivity index (χ0) is 16.9. The summed E-state index contributed by atoms with van der Waals surface area (Å²) in [4.78, 5) is 12.5. The maximum absolute atomic E-state index is 12.2. The van der Waals surface area contributed by atoms with Gasteiger partial charge in [-0.3, -0.25) is 0 Å². The van der Waals surface area contributed by atoms with Crippen LogP contribution in [0, 0.1) is 0 Å². The number of aliphatic hydroxyl groups is 1. The molecule has 5 nitrogen and oxygen atoms in total. The summed E-state index contributed by atoms with van der Waals surface area (Å²) in [5.41, 5.74) is 0.298. The summed E-state index contributed by atoms with van der Waals surface area (Å²) in [5, 5.41) is 11.6. The Morgan fingerprint density at radius 2 is 2.14 bits per heavy atom. The molecule has 0 aliphatic heterocycles. The average molecular weight is 341 g/mol. The van der Waals surface area contributed by atoms with E-state index in [0.717, 1.165) is 11.9 Å². The van der Waals surface area contributed by atoms with Crippen molar-refractivity contribution in [3.63, 3.8) is 0 Å². The van der Waals surface area contributed by atoms with Crippen LogP contribution in [0.15, 0.2) is 18.2 Å². The number of alkyl halides is 3. The van der Waals surface area contributed by atoms with E-state index in [0.29, 0.717) is 18.0 Å². The summed E-state index contributed by atoms with van der Waals surface area (Å²) < 4.78 is 41.9. The molecule has 0 radical (unpaired) electrons. The van der Waals surface area contributed by atoms with Crippen molar-refractivity contribution in [3.05, 3.63) is 23.2 Å². The molecule has 2 N–H and O–H groups in total. The Labute approximate surface area is 130 Å². The third-order valence-corrected chi connectivity index (χ3v) is 2.95. The molecule has 9 heteroatoms. The Kier molecular flexibility index (Phi) is 6.31. The van der Waals surface area contributed by atoms with Gasteiger partial charge in [0.15, 0.2) is 6.10 Å². The molecule has 1 atom stereocenters. The third kappa shape index (κ3) is 5.27. The van der Waals surface area contributed by atoms with E-state index in [1.165, 1.54) is 18.2 Å². The maximum Gasteiger partial charge on any atom is 0.416 e. The van der Waals surface area contributed by atoms with Crippen molar-refractivity contribution >= 4 is 23.3 Å². The van der Waals surface area contributed by atoms with Gasteiger partial charge in [0, 0.05) is 12.7 Å². The lowest BCUT2D eigenvalue weighted by molar-refractivity contribution is -0.205. The molecule has 0 spiro atoms. The number of rotatable bonds is 5. The highest BCUT2D eigenvalue weighted by molar-refractivity contribution is 6.32. The summed E-state index contributed by atoms with van der Waals surface area (Å²) >= 11 is 5.94. The van der Waals surface area contributed by atoms with Crippen LogP contribution in [0.5, 0.6) is 5.75 Å². The highest BCUT2D eigenvalue weighted by Crippen LogP contribution is 2.28. The van der Waals surface area contributed by atoms with Gasteiger partial charge in [0.05, 0.1) is 18.2 Å². The molecule has 1 rings (SSSR count). The van der Waals surface area contributed by atoms with E-state index in [1.807, 2.05) is 0 Å². The number of carbonyl (C=O) groups is 1. The second-order valence-electron chi connectivity index (χ2n) is 4.45. The number of amides is 2. The monoisotopic (exact) mass is 340 g/mol. The summed E-state index contributed by atoms with van der Waals surface area (Å²) in [6.45, 7) is 1.33. The molecule has 0 fully saturated rings. The number of halogens is 4. The number of nitrogens with zero attached hydrogens (tertiary/aromatic N) is 1. The zero-order valence-electron chi connectivity index (χ0n) is 11.9. The quantitative estimate of drug-likeness (QED) is 0.865. The summed E-state index contributed by atoms with van der Waals surface area (Å²) in [6.07, 6.45) is -7.39. The molecule has 0 aliphatic carbocycles. The minimum Gasteiger partial charge on any atom is -0.492 e. The topological polar surface area (TPSA) is 61.8 Å². The van der Waals surface area contributed by atoms with E-state index in [-0.39, 0.29) is 5.02 Å². The second kappa shape index (κ2) is 7.55. The summed E-state index contributed by atoms with van der Waals surface area (Å²) in [5.74, 6) is 0.433. The number of nitrogens with one attached hydrogen (secondary N) is 1. The second-order valence-corrected chi connectivity index (χ2v) is 4.85. The number of urea groups is 1. The van der Waals surface area contributed by atoms with Crippen molar-refractivity contribution in [1.82, 2.24) is 4.90 Å². The van der Waals surface area contributed by atoms with Gasteiger partial charge in [-0.2, -0.15) is 13.2 Å². The van der Waals surface area contributed by atoms with Crippen molar-refractivity contribution in [2.75, 3.05) is 25.5 Å². The standard InChI is InChI=1S/C13H16ClF3N2O3/c1-3-22-10-5-4-8(6-9(10)14)18-12(21)19(2)7-11(20)13(15,16)17/h4-6,11,20H,3,7H2,1-2H3,(H,18,21)/t11-/m0/s1. The van der Waals surface area contributed by atoms with Crippen LogP contribution >= 0.6 is 11.6 Å². The first kappa shape index (κ1) is 18.4. The average Bonchev–Trinajstić information content (AvgIpc) is 2.40. The molecular formula is C13H16ClF3N2O3. The lowest BCUT2D eigenvalue weighted by Crippen LogP contribution is -2.43. The molecule has 0 aliphatic rings. The lowest BCUT2D eigenvalue weighted by atomic mass is 10.3. The predicted molar refractivity (Wildman–Crippen MR) is 76.3 cm³/mol. The van der Waals surface area contributed by atoms with Crippen LogP contribution in [0.1, 0.15) is 6.92 Å². The van der Waals surface area contributed by atoms with Crippen molar-refractivity contribution < 1.29 is 27.8 Å². The first-order valence-corrected chi connectivity index (χ1v) is 6.72. The highest BCUT2D eigenvalue weighted by atomic mass is 35.5. The highest BCUT2D eigenvalue weighted by Gasteiger charge is 2.39. The number of hydrogen-bond donors (Lipinski definition) is 2. The Bertz CT molecular complexity index is 526. The Balaban J connectivity index is 2.66. The molecule has 22 heavy (non-hydrogen) atoms. The van der Waals surface area contributed by atoms with Crippen LogP contribution in [0.3, 0.4) is 0 Å². The van der Waals surface area contributed by atoms with Gasteiger partial charge in [0.1, 0.15) is 5.75 Å². The van der Waals surface area contributed by atoms with Crippen LogP contribution in [0.4, 0.5) is 23.7 Å². The van der Waals surface area contributed by atoms with Crippen molar-refractivity contribution in [3.8, 4) is 5.75 Å². The van der Waals surface area contributed by atoms with E-state index in [9.17, 15) is 18.0 Å². The molecule has 0 saturated carbocycles. The third-order valence-electron chi connectivity index (χ3n) is 2.65. The first-order valence-electron chi connectivity index (χ1n) is 6.34. The molecule has 0 heterocycles. The van der Waals surface area contributed by atoms with Crippen LogP contribution < -0.4 is 10.1 Å². The van der Waals surface area contributed by atoms with Gasteiger partial charge < -0.3 is 20.1 Å². The molecular weight excluding hydrogens is 325 g/mol. The van der Waals surface area contributed by atoms with Gasteiger partial charge in [0.2, 0.25) is 0 Å². The fraction of sp³-hybridized carbons (Fsp3) is 0.462. The van der Waals surface area contributed by atoms with Gasteiger partial charge in [-0.1, -0.05) is 11.6 Å². The fourth-order valence-electron chi connectivity index (χ4n) is 1.52. The van der Waals surface area contributed by atoms with Gasteiger partial charge in [-0.05, 0) is 25.1 Å². The smallest absolute Gasteiger partial charge is 0.416 e. The minimum absolute atomic E-state index is 0.262. The van der Waals surface area contributed by atoms with Gasteiger partial charge in [-0.15, -0.1) is 0 Å². The zero-order valence-corrected chi connectivity index (χ0v) is 12.7. The summed E-state index contributed by atoms with van der Waals surface area (Å²) in [6, 6.07) is 3.65. The molecule has 1 aromatic carbocycles. The van der Waals surface area contributed by atoms with Crippen LogP contribution in [-0.4, -0.2) is 48.5 Å². The molecule has 0 bridgehead atoms. The van der Waals surface area contributed by atoms with Crippen LogP contribution in [-0.2, 0) is 0 Å². The van der Waals surface area contributed by atoms with E-state index in [1.54, 1.807) is 6.92 Å². The SMILES string of the molecule is CCOc1ccc(NC(=O)N(C)C[C@H](O)C(F)(F)F)cc1Cl. The van der Waals surface area contributed by atoms with Gasteiger partial charge in [0.25, 0.3) is 0 Å². The molecule has 0 aromatic heterocycles. The van der Waals surface area contributed by atoms with Crippen LogP contribution in [0.2, 0.25) is 5.02 Å².